The van der Waals surface area contributed by atoms with E-state index in [4.69, 9.17) is 4.74 Å². The molecule has 4 aliphatic carbocycles. The minimum atomic E-state index is 0.0176. The van der Waals surface area contributed by atoms with Gasteiger partial charge in [0.15, 0.2) is 0 Å². The molecule has 4 bridgehead atoms. The Morgan fingerprint density at radius 1 is 1.12 bits per heavy atom. The van der Waals surface area contributed by atoms with Crippen LogP contribution in [-0.4, -0.2) is 49.1 Å². The Morgan fingerprint density at radius 2 is 1.75 bits per heavy atom. The van der Waals surface area contributed by atoms with Crippen LogP contribution in [0.25, 0.3) is 0 Å². The summed E-state index contributed by atoms with van der Waals surface area (Å²) in [5.41, 5.74) is 0.245. The Morgan fingerprint density at radius 3 is 2.33 bits per heavy atom. The molecule has 5 nitrogen and oxygen atoms in total. The van der Waals surface area contributed by atoms with Crippen LogP contribution in [0.5, 0.6) is 0 Å². The number of nitrogens with one attached hydrogen (secondary N) is 1. The molecule has 1 N–H and O–H groups in total. The molecule has 1 atom stereocenters. The molecule has 1 aliphatic heterocycles. The molecule has 0 aromatic carbocycles. The van der Waals surface area contributed by atoms with Gasteiger partial charge in [0, 0.05) is 19.5 Å². The van der Waals surface area contributed by atoms with Gasteiger partial charge in [-0.3, -0.25) is 9.59 Å². The number of carbonyl (C=O) groups excluding carboxylic acids is 2. The maximum absolute atomic E-state index is 12.5. The van der Waals surface area contributed by atoms with E-state index < -0.39 is 0 Å². The first-order chi connectivity index (χ1) is 11.5. The normalized spacial score (nSPS) is 40.6. The zero-order chi connectivity index (χ0) is 16.7. The Labute approximate surface area is 144 Å². The predicted molar refractivity (Wildman–Crippen MR) is 90.2 cm³/mol. The molecule has 5 aliphatic rings. The van der Waals surface area contributed by atoms with Gasteiger partial charge in [-0.1, -0.05) is 0 Å². The average molecular weight is 334 g/mol. The highest BCUT2D eigenvalue weighted by Gasteiger charge is 2.51. The summed E-state index contributed by atoms with van der Waals surface area (Å²) in [7, 11) is 0. The molecule has 24 heavy (non-hydrogen) atoms. The Balaban J connectivity index is 1.27. The van der Waals surface area contributed by atoms with Crippen molar-refractivity contribution >= 4 is 11.8 Å². The van der Waals surface area contributed by atoms with E-state index in [1.54, 1.807) is 4.90 Å². The second-order valence-corrected chi connectivity index (χ2v) is 8.89. The molecular formula is C19H30N2O3. The summed E-state index contributed by atoms with van der Waals surface area (Å²) < 4.78 is 5.46. The maximum atomic E-state index is 12.5. The first-order valence-corrected chi connectivity index (χ1v) is 9.67. The van der Waals surface area contributed by atoms with Crippen LogP contribution < -0.4 is 5.32 Å². The molecule has 0 spiro atoms. The summed E-state index contributed by atoms with van der Waals surface area (Å²) in [5, 5.41) is 2.90. The van der Waals surface area contributed by atoms with Gasteiger partial charge in [-0.15, -0.1) is 0 Å². The van der Waals surface area contributed by atoms with Gasteiger partial charge in [0.25, 0.3) is 0 Å². The van der Waals surface area contributed by atoms with Crippen LogP contribution in [0.2, 0.25) is 0 Å². The van der Waals surface area contributed by atoms with Gasteiger partial charge in [0.05, 0.1) is 19.3 Å². The smallest absolute Gasteiger partial charge is 0.242 e. The minimum Gasteiger partial charge on any atom is -0.375 e. The molecule has 0 radical (unpaired) electrons. The van der Waals surface area contributed by atoms with Gasteiger partial charge in [-0.25, -0.2) is 0 Å². The third-order valence-electron chi connectivity index (χ3n) is 6.73. The monoisotopic (exact) mass is 334 g/mol. The van der Waals surface area contributed by atoms with Crippen LogP contribution >= 0.6 is 0 Å². The number of nitrogens with zero attached hydrogens (tertiary/aromatic N) is 1. The molecule has 5 heteroatoms. The number of morpholine rings is 1. The molecule has 4 saturated carbocycles. The lowest BCUT2D eigenvalue weighted by atomic mass is 9.49. The number of ether oxygens (including phenoxy) is 1. The largest absolute Gasteiger partial charge is 0.375 e. The van der Waals surface area contributed by atoms with E-state index in [9.17, 15) is 9.59 Å². The van der Waals surface area contributed by atoms with Gasteiger partial charge in [0.1, 0.15) is 0 Å². The van der Waals surface area contributed by atoms with Crippen molar-refractivity contribution in [2.75, 3.05) is 26.2 Å². The lowest BCUT2D eigenvalue weighted by Crippen LogP contribution is -2.50. The SMILES string of the molecule is CC1CN(C(=O)CNC(=O)CC23CC4CC(CC(C4)C2)C3)CCO1. The molecule has 134 valence electrons. The topological polar surface area (TPSA) is 58.6 Å². The lowest BCUT2D eigenvalue weighted by Gasteiger charge is -2.56. The van der Waals surface area contributed by atoms with Gasteiger partial charge in [-0.05, 0) is 68.6 Å². The first-order valence-electron chi connectivity index (χ1n) is 9.67. The highest BCUT2D eigenvalue weighted by molar-refractivity contribution is 5.85. The summed E-state index contributed by atoms with van der Waals surface area (Å²) in [6, 6.07) is 0. The van der Waals surface area contributed by atoms with E-state index >= 15 is 0 Å². The number of amides is 2. The molecule has 5 fully saturated rings. The van der Waals surface area contributed by atoms with E-state index in [1.807, 2.05) is 6.92 Å². The third-order valence-corrected chi connectivity index (χ3v) is 6.73. The van der Waals surface area contributed by atoms with Crippen molar-refractivity contribution in [3.63, 3.8) is 0 Å². The maximum Gasteiger partial charge on any atom is 0.242 e. The highest BCUT2D eigenvalue weighted by Crippen LogP contribution is 2.61. The van der Waals surface area contributed by atoms with Crippen LogP contribution in [0, 0.1) is 23.2 Å². The first kappa shape index (κ1) is 16.4. The molecule has 0 aromatic heterocycles. The fourth-order valence-electron chi connectivity index (χ4n) is 6.24. The molecule has 1 saturated heterocycles. The molecule has 2 amide bonds. The summed E-state index contributed by atoms with van der Waals surface area (Å²) in [6.07, 6.45) is 8.62. The average Bonchev–Trinajstić information content (AvgIpc) is 2.50. The zero-order valence-corrected chi connectivity index (χ0v) is 14.8. The summed E-state index contributed by atoms with van der Waals surface area (Å²) in [5.74, 6) is 2.68. The van der Waals surface area contributed by atoms with E-state index in [1.165, 1.54) is 38.5 Å². The van der Waals surface area contributed by atoms with Crippen molar-refractivity contribution in [2.45, 2.75) is 58.0 Å². The Kier molecular flexibility index (Phi) is 4.31. The van der Waals surface area contributed by atoms with Crippen LogP contribution in [0.3, 0.4) is 0 Å². The molecule has 0 aromatic rings. The molecular weight excluding hydrogens is 304 g/mol. The number of hydrogen-bond acceptors (Lipinski definition) is 3. The second kappa shape index (κ2) is 6.32. The van der Waals surface area contributed by atoms with Crippen LogP contribution in [0.4, 0.5) is 0 Å². The van der Waals surface area contributed by atoms with Crippen LogP contribution in [0.15, 0.2) is 0 Å². The fourth-order valence-corrected chi connectivity index (χ4v) is 6.24. The summed E-state index contributed by atoms with van der Waals surface area (Å²) in [4.78, 5) is 26.5. The second-order valence-electron chi connectivity index (χ2n) is 8.89. The summed E-state index contributed by atoms with van der Waals surface area (Å²) >= 11 is 0. The quantitative estimate of drug-likeness (QED) is 0.855. The standard InChI is InChI=1S/C19H30N2O3/c1-13-12-21(2-3-24-13)18(23)11-20-17(22)10-19-7-14-4-15(8-19)6-16(5-14)9-19/h13-16H,2-12H2,1H3,(H,20,22). The molecule has 5 rings (SSSR count). The van der Waals surface area contributed by atoms with Gasteiger partial charge in [0.2, 0.25) is 11.8 Å². The van der Waals surface area contributed by atoms with Crippen LogP contribution in [-0.2, 0) is 14.3 Å². The van der Waals surface area contributed by atoms with Crippen molar-refractivity contribution in [1.29, 1.82) is 0 Å². The van der Waals surface area contributed by atoms with E-state index in [2.05, 4.69) is 5.32 Å². The number of hydrogen-bond donors (Lipinski definition) is 1. The lowest BCUT2D eigenvalue weighted by molar-refractivity contribution is -0.140. The minimum absolute atomic E-state index is 0.0176. The number of carbonyl (C=O) groups is 2. The van der Waals surface area contributed by atoms with E-state index in [-0.39, 0.29) is 29.9 Å². The number of rotatable bonds is 4. The predicted octanol–water partition coefficient (Wildman–Crippen LogP) is 1.96. The Hall–Kier alpha value is -1.10. The zero-order valence-electron chi connectivity index (χ0n) is 14.8. The van der Waals surface area contributed by atoms with Gasteiger partial charge >= 0.3 is 0 Å². The van der Waals surface area contributed by atoms with Crippen molar-refractivity contribution < 1.29 is 14.3 Å². The van der Waals surface area contributed by atoms with E-state index in [0.29, 0.717) is 26.1 Å². The highest BCUT2D eigenvalue weighted by atomic mass is 16.5. The fraction of sp³-hybridized carbons (Fsp3) is 0.895. The molecule has 1 unspecified atom stereocenters. The third kappa shape index (κ3) is 3.32. The van der Waals surface area contributed by atoms with E-state index in [0.717, 1.165) is 17.8 Å². The molecule has 1 heterocycles. The van der Waals surface area contributed by atoms with Crippen molar-refractivity contribution in [3.8, 4) is 0 Å². The van der Waals surface area contributed by atoms with Gasteiger partial charge < -0.3 is 15.0 Å². The van der Waals surface area contributed by atoms with Crippen LogP contribution in [0.1, 0.15) is 51.9 Å². The van der Waals surface area contributed by atoms with Crippen molar-refractivity contribution in [3.05, 3.63) is 0 Å². The van der Waals surface area contributed by atoms with Crippen molar-refractivity contribution in [1.82, 2.24) is 10.2 Å². The van der Waals surface area contributed by atoms with Gasteiger partial charge in [-0.2, -0.15) is 0 Å². The summed E-state index contributed by atoms with van der Waals surface area (Å²) in [6.45, 7) is 3.97. The van der Waals surface area contributed by atoms with Crippen molar-refractivity contribution in [2.24, 2.45) is 23.2 Å². The Bertz CT molecular complexity index is 483.